The molecule has 2 aliphatic rings. The van der Waals surface area contributed by atoms with Gasteiger partial charge in [0.1, 0.15) is 0 Å². The van der Waals surface area contributed by atoms with Crippen molar-refractivity contribution in [1.29, 1.82) is 0 Å². The van der Waals surface area contributed by atoms with Crippen LogP contribution >= 0.6 is 0 Å². The minimum absolute atomic E-state index is 0.106. The van der Waals surface area contributed by atoms with Crippen LogP contribution in [0.1, 0.15) is 23.3 Å². The monoisotopic (exact) mass is 388 g/mol. The highest BCUT2D eigenvalue weighted by atomic mass is 16.7. The number of ether oxygens (including phenoxy) is 5. The molecule has 2 aromatic carbocycles. The highest BCUT2D eigenvalue weighted by molar-refractivity contribution is 5.46. The van der Waals surface area contributed by atoms with E-state index in [4.69, 9.17) is 23.7 Å². The van der Waals surface area contributed by atoms with Gasteiger partial charge in [-0.15, -0.1) is 0 Å². The lowest BCUT2D eigenvalue weighted by molar-refractivity contribution is 0.0633. The van der Waals surface area contributed by atoms with Gasteiger partial charge in [0.25, 0.3) is 0 Å². The molecule has 28 heavy (non-hydrogen) atoms. The minimum Gasteiger partial charge on any atom is -0.493 e. The quantitative estimate of drug-likeness (QED) is 0.786. The highest BCUT2D eigenvalue weighted by Crippen LogP contribution is 2.46. The summed E-state index contributed by atoms with van der Waals surface area (Å²) in [5, 5.41) is 21.0. The Hall–Kier alpha value is -2.48. The number of fused-ring (bicyclic) bond motifs is 1. The lowest BCUT2D eigenvalue weighted by Crippen LogP contribution is -2.25. The van der Waals surface area contributed by atoms with E-state index in [1.807, 2.05) is 24.3 Å². The second kappa shape index (κ2) is 7.87. The molecule has 0 radical (unpaired) electrons. The van der Waals surface area contributed by atoms with Gasteiger partial charge in [0, 0.05) is 18.4 Å². The van der Waals surface area contributed by atoms with Crippen molar-refractivity contribution in [3.05, 3.63) is 47.5 Å². The lowest BCUT2D eigenvalue weighted by Gasteiger charge is -2.25. The van der Waals surface area contributed by atoms with Crippen LogP contribution in [0.5, 0.6) is 23.0 Å². The molecule has 4 rings (SSSR count). The predicted octanol–water partition coefficient (Wildman–Crippen LogP) is 2.46. The van der Waals surface area contributed by atoms with Gasteiger partial charge in [0.15, 0.2) is 23.0 Å². The van der Waals surface area contributed by atoms with Gasteiger partial charge in [-0.1, -0.05) is 12.1 Å². The first-order valence-corrected chi connectivity index (χ1v) is 9.18. The van der Waals surface area contributed by atoms with Crippen molar-refractivity contribution in [2.75, 3.05) is 34.2 Å². The number of hydrogen-bond donors (Lipinski definition) is 2. The molecule has 2 aromatic rings. The fraction of sp³-hybridized carbons (Fsp3) is 0.429. The second-order valence-electron chi connectivity index (χ2n) is 6.94. The molecule has 0 bridgehead atoms. The maximum Gasteiger partial charge on any atom is 0.231 e. The van der Waals surface area contributed by atoms with Crippen LogP contribution in [0.4, 0.5) is 0 Å². The molecule has 0 aliphatic carbocycles. The predicted molar refractivity (Wildman–Crippen MR) is 99.8 cm³/mol. The standard InChI is InChI=1S/C21H24O7/c1-24-16-5-4-13(8-18(16)25-2)21-14(9-22)15(10-26-21)20(23)12-3-6-17-19(7-12)28-11-27-17/h3-8,14-15,20-23H,9-11H2,1-2H3/t14-,15-,20+,21-/m1/s1. The normalized spacial score (nSPS) is 24.2. The molecule has 150 valence electrons. The zero-order valence-electron chi connectivity index (χ0n) is 15.8. The highest BCUT2D eigenvalue weighted by Gasteiger charge is 2.42. The molecule has 7 heteroatoms. The summed E-state index contributed by atoms with van der Waals surface area (Å²) in [6.07, 6.45) is -1.14. The topological polar surface area (TPSA) is 86.6 Å². The molecule has 1 fully saturated rings. The van der Waals surface area contributed by atoms with Crippen LogP contribution in [0.25, 0.3) is 0 Å². The number of benzene rings is 2. The average molecular weight is 388 g/mol. The van der Waals surface area contributed by atoms with Gasteiger partial charge < -0.3 is 33.9 Å². The summed E-state index contributed by atoms with van der Waals surface area (Å²) in [6, 6.07) is 10.9. The van der Waals surface area contributed by atoms with Gasteiger partial charge in [-0.05, 0) is 35.4 Å². The number of hydrogen-bond acceptors (Lipinski definition) is 7. The number of aliphatic hydroxyl groups excluding tert-OH is 2. The van der Waals surface area contributed by atoms with Gasteiger partial charge in [0.2, 0.25) is 6.79 Å². The summed E-state index contributed by atoms with van der Waals surface area (Å²) in [6.45, 7) is 0.410. The zero-order valence-corrected chi connectivity index (χ0v) is 15.8. The largest absolute Gasteiger partial charge is 0.493 e. The summed E-state index contributed by atoms with van der Waals surface area (Å²) in [5.74, 6) is 1.98. The Kier molecular flexibility index (Phi) is 5.30. The summed E-state index contributed by atoms with van der Waals surface area (Å²) < 4.78 is 27.4. The van der Waals surface area contributed by atoms with E-state index in [9.17, 15) is 10.2 Å². The van der Waals surface area contributed by atoms with E-state index in [0.29, 0.717) is 35.2 Å². The van der Waals surface area contributed by atoms with Crippen molar-refractivity contribution < 1.29 is 33.9 Å². The molecule has 2 aliphatic heterocycles. The molecule has 0 spiro atoms. The average Bonchev–Trinajstić information content (AvgIpc) is 3.38. The Morgan fingerprint density at radius 1 is 1.04 bits per heavy atom. The first-order valence-electron chi connectivity index (χ1n) is 9.18. The summed E-state index contributed by atoms with van der Waals surface area (Å²) in [4.78, 5) is 0. The molecule has 0 amide bonds. The summed E-state index contributed by atoms with van der Waals surface area (Å²) in [5.41, 5.74) is 1.58. The van der Waals surface area contributed by atoms with Crippen molar-refractivity contribution in [1.82, 2.24) is 0 Å². The number of aliphatic hydroxyl groups is 2. The van der Waals surface area contributed by atoms with E-state index in [0.717, 1.165) is 5.56 Å². The maximum atomic E-state index is 11.0. The number of rotatable bonds is 6. The summed E-state index contributed by atoms with van der Waals surface area (Å²) >= 11 is 0. The van der Waals surface area contributed by atoms with E-state index < -0.39 is 6.10 Å². The molecular formula is C21H24O7. The fourth-order valence-electron chi connectivity index (χ4n) is 3.96. The summed E-state index contributed by atoms with van der Waals surface area (Å²) in [7, 11) is 3.16. The molecule has 0 saturated carbocycles. The van der Waals surface area contributed by atoms with Gasteiger partial charge in [-0.25, -0.2) is 0 Å². The fourth-order valence-corrected chi connectivity index (χ4v) is 3.96. The molecule has 0 unspecified atom stereocenters. The first-order chi connectivity index (χ1) is 13.7. The van der Waals surface area contributed by atoms with E-state index in [1.54, 1.807) is 26.4 Å². The minimum atomic E-state index is -0.795. The maximum absolute atomic E-state index is 11.0. The van der Waals surface area contributed by atoms with E-state index in [1.165, 1.54) is 0 Å². The Balaban J connectivity index is 1.57. The van der Waals surface area contributed by atoms with E-state index >= 15 is 0 Å². The van der Waals surface area contributed by atoms with Crippen molar-refractivity contribution >= 4 is 0 Å². The van der Waals surface area contributed by atoms with Crippen LogP contribution in [0.2, 0.25) is 0 Å². The van der Waals surface area contributed by atoms with Crippen LogP contribution in [0.15, 0.2) is 36.4 Å². The molecular weight excluding hydrogens is 364 g/mol. The Morgan fingerprint density at radius 3 is 2.57 bits per heavy atom. The van der Waals surface area contributed by atoms with Crippen LogP contribution < -0.4 is 18.9 Å². The second-order valence-corrected chi connectivity index (χ2v) is 6.94. The van der Waals surface area contributed by atoms with Gasteiger partial charge >= 0.3 is 0 Å². The smallest absolute Gasteiger partial charge is 0.231 e. The third-order valence-corrected chi connectivity index (χ3v) is 5.50. The third kappa shape index (κ3) is 3.26. The zero-order chi connectivity index (χ0) is 19.7. The van der Waals surface area contributed by atoms with E-state index in [-0.39, 0.29) is 31.3 Å². The first kappa shape index (κ1) is 18.9. The van der Waals surface area contributed by atoms with Gasteiger partial charge in [-0.2, -0.15) is 0 Å². The lowest BCUT2D eigenvalue weighted by atomic mass is 9.82. The molecule has 2 N–H and O–H groups in total. The van der Waals surface area contributed by atoms with Gasteiger partial charge in [-0.3, -0.25) is 0 Å². The Labute approximate surface area is 163 Å². The molecule has 1 saturated heterocycles. The molecule has 0 aromatic heterocycles. The van der Waals surface area contributed by atoms with Crippen molar-refractivity contribution in [3.8, 4) is 23.0 Å². The molecule has 7 nitrogen and oxygen atoms in total. The molecule has 2 heterocycles. The van der Waals surface area contributed by atoms with Crippen LogP contribution in [0, 0.1) is 11.8 Å². The van der Waals surface area contributed by atoms with Crippen LogP contribution in [0.3, 0.4) is 0 Å². The SMILES string of the molecule is COc1ccc([C@H]2OC[C@@H]([C@@H](O)c3ccc4c(c3)OCO4)[C@H]2CO)cc1OC. The van der Waals surface area contributed by atoms with Crippen LogP contribution in [-0.4, -0.2) is 44.4 Å². The Bertz CT molecular complexity index is 837. The van der Waals surface area contributed by atoms with Crippen LogP contribution in [-0.2, 0) is 4.74 Å². The number of methoxy groups -OCH3 is 2. The molecule has 4 atom stereocenters. The van der Waals surface area contributed by atoms with Crippen molar-refractivity contribution in [3.63, 3.8) is 0 Å². The van der Waals surface area contributed by atoms with Crippen molar-refractivity contribution in [2.45, 2.75) is 12.2 Å². The Morgan fingerprint density at radius 2 is 1.82 bits per heavy atom. The van der Waals surface area contributed by atoms with E-state index in [2.05, 4.69) is 0 Å². The van der Waals surface area contributed by atoms with Gasteiger partial charge in [0.05, 0.1) is 33.0 Å². The third-order valence-electron chi connectivity index (χ3n) is 5.50. The van der Waals surface area contributed by atoms with Crippen molar-refractivity contribution in [2.24, 2.45) is 11.8 Å².